The smallest absolute Gasteiger partial charge is 0.0890 e. The number of nitrogens with zero attached hydrogens (tertiary/aromatic N) is 2. The van der Waals surface area contributed by atoms with E-state index in [9.17, 15) is 0 Å². The van der Waals surface area contributed by atoms with Crippen LogP contribution in [-0.2, 0) is 5.41 Å². The maximum absolute atomic E-state index is 4.58. The summed E-state index contributed by atoms with van der Waals surface area (Å²) in [5, 5.41) is 0. The van der Waals surface area contributed by atoms with E-state index in [2.05, 4.69) is 30.7 Å². The molecule has 1 aromatic carbocycles. The lowest BCUT2D eigenvalue weighted by Gasteiger charge is -2.17. The summed E-state index contributed by atoms with van der Waals surface area (Å²) < 4.78 is 0. The van der Waals surface area contributed by atoms with Gasteiger partial charge in [0.15, 0.2) is 0 Å². The van der Waals surface area contributed by atoms with Gasteiger partial charge >= 0.3 is 0 Å². The van der Waals surface area contributed by atoms with Gasteiger partial charge in [0, 0.05) is 11.6 Å². The molecule has 1 heterocycles. The molecule has 0 unspecified atom stereocenters. The zero-order valence-corrected chi connectivity index (χ0v) is 8.78. The molecule has 0 aliphatic carbocycles. The van der Waals surface area contributed by atoms with Crippen LogP contribution in [0, 0.1) is 0 Å². The number of hydrogen-bond donors (Lipinski definition) is 0. The van der Waals surface area contributed by atoms with Crippen LogP contribution in [0.1, 0.15) is 26.5 Å². The van der Waals surface area contributed by atoms with Gasteiger partial charge in [-0.25, -0.2) is 4.98 Å². The van der Waals surface area contributed by atoms with E-state index in [1.807, 2.05) is 30.5 Å². The van der Waals surface area contributed by atoms with E-state index >= 15 is 0 Å². The Balaban J connectivity index is 2.63. The van der Waals surface area contributed by atoms with Crippen LogP contribution in [0.2, 0.25) is 0 Å². The Morgan fingerprint density at radius 3 is 2.29 bits per heavy atom. The third-order valence-electron chi connectivity index (χ3n) is 2.22. The highest BCUT2D eigenvalue weighted by Gasteiger charge is 2.15. The predicted molar refractivity (Wildman–Crippen MR) is 58.2 cm³/mol. The summed E-state index contributed by atoms with van der Waals surface area (Å²) in [5.41, 5.74) is 3.04. The number of hydrogen-bond acceptors (Lipinski definition) is 2. The minimum absolute atomic E-state index is 0.0665. The van der Waals surface area contributed by atoms with Gasteiger partial charge in [-0.1, -0.05) is 32.9 Å². The molecule has 14 heavy (non-hydrogen) atoms. The third kappa shape index (κ3) is 1.60. The normalized spacial score (nSPS) is 11.9. The van der Waals surface area contributed by atoms with Crippen molar-refractivity contribution in [3.63, 3.8) is 0 Å². The van der Waals surface area contributed by atoms with Gasteiger partial charge in [-0.2, -0.15) is 0 Å². The molecule has 0 fully saturated rings. The van der Waals surface area contributed by atoms with Gasteiger partial charge in [0.1, 0.15) is 0 Å². The van der Waals surface area contributed by atoms with Crippen LogP contribution >= 0.6 is 0 Å². The molecule has 0 aliphatic rings. The fraction of sp³-hybridized carbons (Fsp3) is 0.333. The lowest BCUT2D eigenvalue weighted by atomic mass is 9.92. The second-order valence-corrected chi connectivity index (χ2v) is 4.49. The van der Waals surface area contributed by atoms with Gasteiger partial charge in [0.2, 0.25) is 0 Å². The SMILES string of the molecule is CC(C)(C)c1cnc2ccccc2n1. The standard InChI is InChI=1S/C12H14N2/c1-12(2,3)11-8-13-9-6-4-5-7-10(9)14-11/h4-8H,1-3H3. The van der Waals surface area contributed by atoms with Crippen molar-refractivity contribution in [2.24, 2.45) is 0 Å². The molecule has 0 amide bonds. The van der Waals surface area contributed by atoms with Crippen LogP contribution in [-0.4, -0.2) is 9.97 Å². The molecular formula is C12H14N2. The molecule has 0 atom stereocenters. The van der Waals surface area contributed by atoms with E-state index in [1.165, 1.54) is 0 Å². The summed E-state index contributed by atoms with van der Waals surface area (Å²) in [5.74, 6) is 0. The number of benzene rings is 1. The molecule has 2 nitrogen and oxygen atoms in total. The highest BCUT2D eigenvalue weighted by atomic mass is 14.8. The lowest BCUT2D eigenvalue weighted by Crippen LogP contribution is -2.13. The van der Waals surface area contributed by atoms with Crippen LogP contribution in [0.25, 0.3) is 11.0 Å². The average molecular weight is 186 g/mol. The maximum Gasteiger partial charge on any atom is 0.0890 e. The number of para-hydroxylation sites is 2. The van der Waals surface area contributed by atoms with Crippen LogP contribution in [0.15, 0.2) is 30.5 Å². The highest BCUT2D eigenvalue weighted by molar-refractivity contribution is 5.73. The van der Waals surface area contributed by atoms with Gasteiger partial charge in [0.05, 0.1) is 16.7 Å². The topological polar surface area (TPSA) is 25.8 Å². The van der Waals surface area contributed by atoms with Gasteiger partial charge in [-0.3, -0.25) is 4.98 Å². The number of aromatic nitrogens is 2. The van der Waals surface area contributed by atoms with Gasteiger partial charge < -0.3 is 0 Å². The van der Waals surface area contributed by atoms with E-state index in [0.717, 1.165) is 16.7 Å². The molecule has 72 valence electrons. The Hall–Kier alpha value is -1.44. The first-order valence-electron chi connectivity index (χ1n) is 4.80. The Kier molecular flexibility index (Phi) is 1.99. The van der Waals surface area contributed by atoms with Gasteiger partial charge in [0.25, 0.3) is 0 Å². The van der Waals surface area contributed by atoms with E-state index in [-0.39, 0.29) is 5.41 Å². The molecule has 2 aromatic rings. The molecule has 1 aromatic heterocycles. The Morgan fingerprint density at radius 2 is 1.64 bits per heavy atom. The summed E-state index contributed by atoms with van der Waals surface area (Å²) in [7, 11) is 0. The first-order valence-corrected chi connectivity index (χ1v) is 4.80. The summed E-state index contributed by atoms with van der Waals surface area (Å²) in [6.07, 6.45) is 1.86. The fourth-order valence-corrected chi connectivity index (χ4v) is 1.32. The fourth-order valence-electron chi connectivity index (χ4n) is 1.32. The monoisotopic (exact) mass is 186 g/mol. The van der Waals surface area contributed by atoms with Crippen molar-refractivity contribution >= 4 is 11.0 Å². The molecule has 2 rings (SSSR count). The quantitative estimate of drug-likeness (QED) is 0.632. The van der Waals surface area contributed by atoms with Crippen molar-refractivity contribution in [1.29, 1.82) is 0 Å². The zero-order chi connectivity index (χ0) is 10.2. The van der Waals surface area contributed by atoms with Gasteiger partial charge in [-0.05, 0) is 12.1 Å². The molecule has 0 bridgehead atoms. The molecule has 0 spiro atoms. The van der Waals surface area contributed by atoms with E-state index in [1.54, 1.807) is 0 Å². The average Bonchev–Trinajstić information content (AvgIpc) is 2.16. The largest absolute Gasteiger partial charge is 0.253 e. The maximum atomic E-state index is 4.58. The molecule has 2 heteroatoms. The molecule has 0 N–H and O–H groups in total. The summed E-state index contributed by atoms with van der Waals surface area (Å²) in [6, 6.07) is 7.95. The Bertz CT molecular complexity index is 455. The Morgan fingerprint density at radius 1 is 1.00 bits per heavy atom. The van der Waals surface area contributed by atoms with Crippen LogP contribution < -0.4 is 0 Å². The van der Waals surface area contributed by atoms with Crippen molar-refractivity contribution in [3.8, 4) is 0 Å². The second-order valence-electron chi connectivity index (χ2n) is 4.49. The van der Waals surface area contributed by atoms with Gasteiger partial charge in [-0.15, -0.1) is 0 Å². The van der Waals surface area contributed by atoms with E-state index in [0.29, 0.717) is 0 Å². The van der Waals surface area contributed by atoms with Crippen molar-refractivity contribution in [3.05, 3.63) is 36.2 Å². The van der Waals surface area contributed by atoms with Crippen LogP contribution in [0.4, 0.5) is 0 Å². The molecule has 0 saturated carbocycles. The zero-order valence-electron chi connectivity index (χ0n) is 8.78. The van der Waals surface area contributed by atoms with Crippen molar-refractivity contribution < 1.29 is 0 Å². The first-order chi connectivity index (χ1) is 6.57. The Labute approximate surface area is 84.0 Å². The third-order valence-corrected chi connectivity index (χ3v) is 2.22. The second kappa shape index (κ2) is 3.05. The minimum Gasteiger partial charge on any atom is -0.253 e. The predicted octanol–water partition coefficient (Wildman–Crippen LogP) is 2.93. The molecule has 0 radical (unpaired) electrons. The molecule has 0 saturated heterocycles. The van der Waals surface area contributed by atoms with E-state index < -0.39 is 0 Å². The lowest BCUT2D eigenvalue weighted by molar-refractivity contribution is 0.568. The summed E-state index contributed by atoms with van der Waals surface area (Å²) in [4.78, 5) is 8.97. The molecular weight excluding hydrogens is 172 g/mol. The van der Waals surface area contributed by atoms with Crippen molar-refractivity contribution in [2.45, 2.75) is 26.2 Å². The summed E-state index contributed by atoms with van der Waals surface area (Å²) in [6.45, 7) is 6.43. The van der Waals surface area contributed by atoms with Crippen molar-refractivity contribution in [2.75, 3.05) is 0 Å². The summed E-state index contributed by atoms with van der Waals surface area (Å²) >= 11 is 0. The number of rotatable bonds is 0. The minimum atomic E-state index is 0.0665. The first kappa shape index (κ1) is 9.13. The van der Waals surface area contributed by atoms with Crippen LogP contribution in [0.5, 0.6) is 0 Å². The highest BCUT2D eigenvalue weighted by Crippen LogP contribution is 2.20. The van der Waals surface area contributed by atoms with Crippen LogP contribution in [0.3, 0.4) is 0 Å². The van der Waals surface area contributed by atoms with Crippen molar-refractivity contribution in [1.82, 2.24) is 9.97 Å². The number of fused-ring (bicyclic) bond motifs is 1. The van der Waals surface area contributed by atoms with E-state index in [4.69, 9.17) is 0 Å². The molecule has 0 aliphatic heterocycles.